The molecule has 3 N–H and O–H groups in total. The molecule has 2 rings (SSSR count). The van der Waals surface area contributed by atoms with Crippen LogP contribution >= 0.6 is 0 Å². The van der Waals surface area contributed by atoms with Crippen LogP contribution in [0.1, 0.15) is 25.7 Å². The molecular formula is C15H20N2O4. The van der Waals surface area contributed by atoms with E-state index in [-0.39, 0.29) is 37.9 Å². The van der Waals surface area contributed by atoms with Crippen LogP contribution in [-0.2, 0) is 14.3 Å². The predicted octanol–water partition coefficient (Wildman–Crippen LogP) is 1.25. The zero-order chi connectivity index (χ0) is 15.1. The van der Waals surface area contributed by atoms with Crippen LogP contribution in [0.2, 0.25) is 0 Å². The minimum absolute atomic E-state index is 0.0707. The monoisotopic (exact) mass is 292 g/mol. The average molecular weight is 292 g/mol. The van der Waals surface area contributed by atoms with Crippen LogP contribution in [-0.4, -0.2) is 31.1 Å². The Labute approximate surface area is 123 Å². The van der Waals surface area contributed by atoms with Crippen LogP contribution in [0.25, 0.3) is 0 Å². The van der Waals surface area contributed by atoms with Crippen LogP contribution in [0.5, 0.6) is 5.75 Å². The van der Waals surface area contributed by atoms with E-state index in [9.17, 15) is 9.59 Å². The van der Waals surface area contributed by atoms with Crippen molar-refractivity contribution in [2.75, 3.05) is 18.9 Å². The van der Waals surface area contributed by atoms with Crippen molar-refractivity contribution in [2.24, 2.45) is 0 Å². The predicted molar refractivity (Wildman–Crippen MR) is 77.7 cm³/mol. The fourth-order valence-corrected chi connectivity index (χ4v) is 1.71. The molecule has 114 valence electrons. The Kier molecular flexibility index (Phi) is 5.43. The zero-order valence-corrected chi connectivity index (χ0v) is 11.8. The third-order valence-electron chi connectivity index (χ3n) is 3.02. The normalized spacial score (nSPS) is 13.5. The molecule has 0 radical (unpaired) electrons. The van der Waals surface area contributed by atoms with Gasteiger partial charge in [-0.15, -0.1) is 0 Å². The summed E-state index contributed by atoms with van der Waals surface area (Å²) in [4.78, 5) is 22.8. The van der Waals surface area contributed by atoms with Crippen molar-refractivity contribution >= 4 is 17.6 Å². The summed E-state index contributed by atoms with van der Waals surface area (Å²) in [5, 5.41) is 2.83. The highest BCUT2D eigenvalue weighted by Gasteiger charge is 2.22. The molecule has 0 atom stereocenters. The van der Waals surface area contributed by atoms with E-state index in [1.807, 2.05) is 12.1 Å². The van der Waals surface area contributed by atoms with Crippen LogP contribution < -0.4 is 15.8 Å². The third-order valence-corrected chi connectivity index (χ3v) is 3.02. The first-order valence-electron chi connectivity index (χ1n) is 7.07. The molecule has 0 unspecified atom stereocenters. The van der Waals surface area contributed by atoms with Gasteiger partial charge < -0.3 is 20.5 Å². The van der Waals surface area contributed by atoms with Crippen LogP contribution in [0, 0.1) is 0 Å². The molecule has 0 bridgehead atoms. The van der Waals surface area contributed by atoms with Gasteiger partial charge in [-0.05, 0) is 25.0 Å². The average Bonchev–Trinajstić information content (AvgIpc) is 3.25. The molecule has 1 fully saturated rings. The Balaban J connectivity index is 1.55. The molecule has 0 aromatic heterocycles. The van der Waals surface area contributed by atoms with Gasteiger partial charge in [-0.25, -0.2) is 0 Å². The van der Waals surface area contributed by atoms with Crippen LogP contribution in [0.15, 0.2) is 24.3 Å². The number of nitrogens with two attached hydrogens (primary N) is 1. The fourth-order valence-electron chi connectivity index (χ4n) is 1.71. The van der Waals surface area contributed by atoms with E-state index in [4.69, 9.17) is 15.2 Å². The van der Waals surface area contributed by atoms with Gasteiger partial charge in [-0.3, -0.25) is 9.59 Å². The molecule has 0 heterocycles. The number of ether oxygens (including phenoxy) is 2. The quantitative estimate of drug-likeness (QED) is 0.556. The number of hydrogen-bond donors (Lipinski definition) is 2. The summed E-state index contributed by atoms with van der Waals surface area (Å²) in [7, 11) is 0. The highest BCUT2D eigenvalue weighted by Crippen LogP contribution is 2.20. The van der Waals surface area contributed by atoms with Gasteiger partial charge in [0.2, 0.25) is 5.91 Å². The summed E-state index contributed by atoms with van der Waals surface area (Å²) < 4.78 is 10.4. The summed E-state index contributed by atoms with van der Waals surface area (Å²) in [5.74, 6) is 0.0939. The molecule has 1 saturated carbocycles. The summed E-state index contributed by atoms with van der Waals surface area (Å²) in [6.07, 6.45) is 2.42. The molecule has 1 amide bonds. The summed E-state index contributed by atoms with van der Waals surface area (Å²) in [6, 6.07) is 7.42. The number of para-hydroxylation sites is 2. The van der Waals surface area contributed by atoms with Crippen LogP contribution in [0.3, 0.4) is 0 Å². The molecule has 1 aliphatic carbocycles. The highest BCUT2D eigenvalue weighted by molar-refractivity contribution is 5.77. The topological polar surface area (TPSA) is 90.7 Å². The maximum absolute atomic E-state index is 11.5. The highest BCUT2D eigenvalue weighted by atomic mass is 16.5. The molecule has 1 aromatic rings. The van der Waals surface area contributed by atoms with E-state index in [2.05, 4.69) is 5.32 Å². The number of esters is 1. The molecule has 6 nitrogen and oxygen atoms in total. The second kappa shape index (κ2) is 7.52. The lowest BCUT2D eigenvalue weighted by Gasteiger charge is -2.08. The van der Waals surface area contributed by atoms with E-state index >= 15 is 0 Å². The van der Waals surface area contributed by atoms with Crippen molar-refractivity contribution in [3.8, 4) is 5.75 Å². The molecule has 21 heavy (non-hydrogen) atoms. The van der Waals surface area contributed by atoms with E-state index in [1.165, 1.54) is 0 Å². The summed E-state index contributed by atoms with van der Waals surface area (Å²) >= 11 is 0. The van der Waals surface area contributed by atoms with Crippen molar-refractivity contribution < 1.29 is 19.1 Å². The summed E-state index contributed by atoms with van der Waals surface area (Å²) in [5.41, 5.74) is 6.24. The van der Waals surface area contributed by atoms with Crippen molar-refractivity contribution in [1.29, 1.82) is 0 Å². The van der Waals surface area contributed by atoms with E-state index in [0.717, 1.165) is 12.8 Å². The summed E-state index contributed by atoms with van der Waals surface area (Å²) in [6.45, 7) is 0.298. The molecule has 0 spiro atoms. The maximum atomic E-state index is 11.5. The lowest BCUT2D eigenvalue weighted by atomic mass is 10.3. The maximum Gasteiger partial charge on any atom is 0.309 e. The SMILES string of the molecule is Nc1ccccc1OCCC(=O)OCCC(=O)NC1CC1. The molecule has 0 saturated heterocycles. The van der Waals surface area contributed by atoms with E-state index < -0.39 is 0 Å². The van der Waals surface area contributed by atoms with Gasteiger partial charge in [0.25, 0.3) is 0 Å². The number of anilines is 1. The van der Waals surface area contributed by atoms with E-state index in [1.54, 1.807) is 12.1 Å². The number of carbonyl (C=O) groups is 2. The first-order chi connectivity index (χ1) is 10.1. The fraction of sp³-hybridized carbons (Fsp3) is 0.467. The zero-order valence-electron chi connectivity index (χ0n) is 11.8. The third kappa shape index (κ3) is 5.72. The Morgan fingerprint density at radius 3 is 2.67 bits per heavy atom. The van der Waals surface area contributed by atoms with Gasteiger partial charge in [0.1, 0.15) is 12.4 Å². The second-order valence-electron chi connectivity index (χ2n) is 4.95. The Bertz CT molecular complexity index is 500. The number of benzene rings is 1. The van der Waals surface area contributed by atoms with Gasteiger partial charge in [-0.2, -0.15) is 0 Å². The molecule has 1 aromatic carbocycles. The van der Waals surface area contributed by atoms with Crippen molar-refractivity contribution in [3.63, 3.8) is 0 Å². The van der Waals surface area contributed by atoms with Crippen molar-refractivity contribution in [1.82, 2.24) is 5.32 Å². The first kappa shape index (κ1) is 15.2. The standard InChI is InChI=1S/C15H20N2O4/c16-12-3-1-2-4-13(12)20-10-8-15(19)21-9-7-14(18)17-11-5-6-11/h1-4,11H,5-10,16H2,(H,17,18). The molecular weight excluding hydrogens is 272 g/mol. The second-order valence-corrected chi connectivity index (χ2v) is 4.95. The number of nitrogen functional groups attached to an aromatic ring is 1. The smallest absolute Gasteiger partial charge is 0.309 e. The Hall–Kier alpha value is -2.24. The lowest BCUT2D eigenvalue weighted by Crippen LogP contribution is -2.26. The van der Waals surface area contributed by atoms with E-state index in [0.29, 0.717) is 17.5 Å². The van der Waals surface area contributed by atoms with Gasteiger partial charge in [-0.1, -0.05) is 12.1 Å². The molecule has 6 heteroatoms. The number of nitrogens with one attached hydrogen (secondary N) is 1. The van der Waals surface area contributed by atoms with Gasteiger partial charge in [0.15, 0.2) is 0 Å². The van der Waals surface area contributed by atoms with Crippen LogP contribution in [0.4, 0.5) is 5.69 Å². The van der Waals surface area contributed by atoms with Gasteiger partial charge in [0.05, 0.1) is 25.1 Å². The molecule has 0 aliphatic heterocycles. The minimum atomic E-state index is -0.385. The van der Waals surface area contributed by atoms with Gasteiger partial charge in [0, 0.05) is 6.04 Å². The number of rotatable bonds is 8. The molecule has 1 aliphatic rings. The Morgan fingerprint density at radius 2 is 1.95 bits per heavy atom. The lowest BCUT2D eigenvalue weighted by molar-refractivity contribution is -0.144. The number of hydrogen-bond acceptors (Lipinski definition) is 5. The first-order valence-corrected chi connectivity index (χ1v) is 7.07. The van der Waals surface area contributed by atoms with Crippen molar-refractivity contribution in [2.45, 2.75) is 31.7 Å². The van der Waals surface area contributed by atoms with Crippen molar-refractivity contribution in [3.05, 3.63) is 24.3 Å². The van der Waals surface area contributed by atoms with Gasteiger partial charge >= 0.3 is 5.97 Å². The largest absolute Gasteiger partial charge is 0.491 e. The number of amides is 1. The minimum Gasteiger partial charge on any atom is -0.491 e. The Morgan fingerprint density at radius 1 is 1.19 bits per heavy atom. The number of carbonyl (C=O) groups excluding carboxylic acids is 2.